The number of nitrogens with one attached hydrogen (secondary N) is 1. The number of rotatable bonds is 4. The second kappa shape index (κ2) is 5.61. The van der Waals surface area contributed by atoms with Crippen molar-refractivity contribution in [2.45, 2.75) is 29.9 Å². The summed E-state index contributed by atoms with van der Waals surface area (Å²) in [5.74, 6) is 0. The van der Waals surface area contributed by atoms with Crippen LogP contribution < -0.4 is 10.5 Å². The van der Waals surface area contributed by atoms with E-state index < -0.39 is 21.7 Å². The van der Waals surface area contributed by atoms with E-state index in [0.29, 0.717) is 23.2 Å². The van der Waals surface area contributed by atoms with Gasteiger partial charge in [-0.05, 0) is 41.1 Å². The molecule has 1 saturated heterocycles. The fourth-order valence-electron chi connectivity index (χ4n) is 2.03. The molecule has 0 bridgehead atoms. The van der Waals surface area contributed by atoms with E-state index in [1.165, 1.54) is 6.07 Å². The van der Waals surface area contributed by atoms with Crippen molar-refractivity contribution in [3.05, 3.63) is 22.7 Å². The first kappa shape index (κ1) is 15.7. The number of anilines is 1. The number of nitrogen functional groups attached to an aromatic ring is 1. The van der Waals surface area contributed by atoms with Crippen molar-refractivity contribution in [1.29, 1.82) is 0 Å². The summed E-state index contributed by atoms with van der Waals surface area (Å²) in [5.41, 5.74) is 4.78. The quantitative estimate of drug-likeness (QED) is 0.687. The number of hydrogen-bond donors (Lipinski definition) is 3. The third-order valence-electron chi connectivity index (χ3n) is 3.47. The molecule has 0 radical (unpaired) electrons. The molecule has 8 heteroatoms. The van der Waals surface area contributed by atoms with Gasteiger partial charge < -0.3 is 15.6 Å². The molecule has 0 saturated carbocycles. The molecule has 1 aromatic rings. The maximum Gasteiger partial charge on any atom is 0.241 e. The van der Waals surface area contributed by atoms with Gasteiger partial charge in [0.2, 0.25) is 10.0 Å². The van der Waals surface area contributed by atoms with Crippen LogP contribution in [0.5, 0.6) is 0 Å². The van der Waals surface area contributed by atoms with Crippen LogP contribution in [0, 0.1) is 0 Å². The van der Waals surface area contributed by atoms with E-state index in [4.69, 9.17) is 10.5 Å². The van der Waals surface area contributed by atoms with Crippen molar-refractivity contribution < 1.29 is 18.3 Å². The molecule has 6 nitrogen and oxygen atoms in total. The second-order valence-electron chi connectivity index (χ2n) is 4.88. The molecule has 1 aliphatic rings. The Morgan fingerprint density at radius 3 is 2.90 bits per heavy atom. The second-order valence-corrected chi connectivity index (χ2v) is 7.47. The summed E-state index contributed by atoms with van der Waals surface area (Å²) in [6.45, 7) is 2.04. The summed E-state index contributed by atoms with van der Waals surface area (Å²) in [6.07, 6.45) is -0.0103. The van der Waals surface area contributed by atoms with Crippen molar-refractivity contribution in [3.8, 4) is 0 Å². The molecule has 0 aromatic heterocycles. The first-order valence-corrected chi connectivity index (χ1v) is 8.41. The lowest BCUT2D eigenvalue weighted by Crippen LogP contribution is -2.47. The Morgan fingerprint density at radius 2 is 2.30 bits per heavy atom. The van der Waals surface area contributed by atoms with Gasteiger partial charge in [-0.3, -0.25) is 0 Å². The number of ether oxygens (including phenoxy) is 1. The predicted octanol–water partition coefficient (Wildman–Crippen LogP) is 0.850. The zero-order valence-corrected chi connectivity index (χ0v) is 13.4. The number of hydrogen-bond acceptors (Lipinski definition) is 5. The van der Waals surface area contributed by atoms with Crippen LogP contribution in [0.1, 0.15) is 13.3 Å². The normalized spacial score (nSPS) is 26.9. The van der Waals surface area contributed by atoms with E-state index in [2.05, 4.69) is 20.7 Å². The average molecular weight is 365 g/mol. The van der Waals surface area contributed by atoms with Gasteiger partial charge in [-0.15, -0.1) is 0 Å². The molecular formula is C12H17BrN2O4S. The number of aliphatic hydroxyl groups is 1. The monoisotopic (exact) mass is 364 g/mol. The van der Waals surface area contributed by atoms with E-state index in [9.17, 15) is 13.5 Å². The maximum atomic E-state index is 12.3. The summed E-state index contributed by atoms with van der Waals surface area (Å²) >= 11 is 3.18. The molecule has 20 heavy (non-hydrogen) atoms. The Hall–Kier alpha value is -0.670. The van der Waals surface area contributed by atoms with Gasteiger partial charge in [0.05, 0.1) is 11.0 Å². The SMILES string of the molecule is CC1OCCC1(O)CNS(=O)(=O)c1cc(N)ccc1Br. The first-order valence-electron chi connectivity index (χ1n) is 6.13. The summed E-state index contributed by atoms with van der Waals surface area (Å²) < 4.78 is 32.6. The van der Waals surface area contributed by atoms with Crippen molar-refractivity contribution in [1.82, 2.24) is 4.72 Å². The highest BCUT2D eigenvalue weighted by Gasteiger charge is 2.40. The van der Waals surface area contributed by atoms with E-state index in [1.54, 1.807) is 19.1 Å². The van der Waals surface area contributed by atoms with Crippen LogP contribution in [-0.2, 0) is 14.8 Å². The van der Waals surface area contributed by atoms with Crippen molar-refractivity contribution in [2.75, 3.05) is 18.9 Å². The topological polar surface area (TPSA) is 102 Å². The minimum atomic E-state index is -3.75. The first-order chi connectivity index (χ1) is 9.24. The predicted molar refractivity (Wildman–Crippen MR) is 78.7 cm³/mol. The maximum absolute atomic E-state index is 12.3. The molecule has 2 unspecified atom stereocenters. The molecule has 2 rings (SSSR count). The lowest BCUT2D eigenvalue weighted by molar-refractivity contribution is -0.0228. The molecule has 0 spiro atoms. The third-order valence-corrected chi connectivity index (χ3v) is 5.87. The van der Waals surface area contributed by atoms with Gasteiger partial charge in [0.15, 0.2) is 0 Å². The Bertz CT molecular complexity index is 607. The summed E-state index contributed by atoms with van der Waals surface area (Å²) in [6, 6.07) is 4.54. The average Bonchev–Trinajstić information content (AvgIpc) is 2.71. The standard InChI is InChI=1S/C12H17BrN2O4S/c1-8-12(16,4-5-19-8)7-15-20(17,18)11-6-9(14)2-3-10(11)13/h2-3,6,8,15-16H,4-5,7,14H2,1H3. The van der Waals surface area contributed by atoms with Crippen molar-refractivity contribution in [2.24, 2.45) is 0 Å². The van der Waals surface area contributed by atoms with Crippen LogP contribution in [-0.4, -0.2) is 38.4 Å². The highest BCUT2D eigenvalue weighted by atomic mass is 79.9. The highest BCUT2D eigenvalue weighted by molar-refractivity contribution is 9.10. The van der Waals surface area contributed by atoms with Gasteiger partial charge in [-0.1, -0.05) is 0 Å². The molecule has 2 atom stereocenters. The van der Waals surface area contributed by atoms with Gasteiger partial charge in [0, 0.05) is 29.7 Å². The fraction of sp³-hybridized carbons (Fsp3) is 0.500. The number of sulfonamides is 1. The molecule has 4 N–H and O–H groups in total. The fourth-order valence-corrected chi connectivity index (χ4v) is 4.12. The van der Waals surface area contributed by atoms with Crippen molar-refractivity contribution in [3.63, 3.8) is 0 Å². The minimum Gasteiger partial charge on any atom is -0.399 e. The lowest BCUT2D eigenvalue weighted by atomic mass is 9.97. The number of nitrogens with two attached hydrogens (primary N) is 1. The summed E-state index contributed by atoms with van der Waals surface area (Å²) in [7, 11) is -3.75. The van der Waals surface area contributed by atoms with E-state index >= 15 is 0 Å². The minimum absolute atomic E-state index is 0.0488. The van der Waals surface area contributed by atoms with Gasteiger partial charge in [-0.2, -0.15) is 0 Å². The van der Waals surface area contributed by atoms with E-state index in [-0.39, 0.29) is 11.4 Å². The van der Waals surface area contributed by atoms with Crippen LogP contribution in [0.15, 0.2) is 27.6 Å². The van der Waals surface area contributed by atoms with Gasteiger partial charge in [0.25, 0.3) is 0 Å². The van der Waals surface area contributed by atoms with Gasteiger partial charge in [0.1, 0.15) is 5.60 Å². The van der Waals surface area contributed by atoms with Crippen LogP contribution in [0.3, 0.4) is 0 Å². The Morgan fingerprint density at radius 1 is 1.60 bits per heavy atom. The zero-order chi connectivity index (χ0) is 15.0. The molecule has 0 aliphatic carbocycles. The molecular weight excluding hydrogens is 348 g/mol. The largest absolute Gasteiger partial charge is 0.399 e. The molecule has 0 amide bonds. The molecule has 1 aromatic carbocycles. The molecule has 1 heterocycles. The van der Waals surface area contributed by atoms with Crippen LogP contribution >= 0.6 is 15.9 Å². The van der Waals surface area contributed by atoms with Crippen LogP contribution in [0.2, 0.25) is 0 Å². The van der Waals surface area contributed by atoms with Gasteiger partial charge in [-0.25, -0.2) is 13.1 Å². The van der Waals surface area contributed by atoms with Crippen LogP contribution in [0.4, 0.5) is 5.69 Å². The van der Waals surface area contributed by atoms with Crippen LogP contribution in [0.25, 0.3) is 0 Å². The Kier molecular flexibility index (Phi) is 4.41. The summed E-state index contributed by atoms with van der Waals surface area (Å²) in [5, 5.41) is 10.3. The summed E-state index contributed by atoms with van der Waals surface area (Å²) in [4.78, 5) is 0.0488. The number of halogens is 1. The van der Waals surface area contributed by atoms with E-state index in [1.807, 2.05) is 0 Å². The lowest BCUT2D eigenvalue weighted by Gasteiger charge is -2.26. The highest BCUT2D eigenvalue weighted by Crippen LogP contribution is 2.27. The van der Waals surface area contributed by atoms with Gasteiger partial charge >= 0.3 is 0 Å². The molecule has 112 valence electrons. The third kappa shape index (κ3) is 3.15. The molecule has 1 aliphatic heterocycles. The Labute approximate surface area is 126 Å². The number of benzene rings is 1. The van der Waals surface area contributed by atoms with Crippen molar-refractivity contribution >= 4 is 31.6 Å². The zero-order valence-electron chi connectivity index (χ0n) is 11.0. The molecule has 1 fully saturated rings. The smallest absolute Gasteiger partial charge is 0.241 e. The Balaban J connectivity index is 2.18. The van der Waals surface area contributed by atoms with E-state index in [0.717, 1.165) is 0 Å².